The first kappa shape index (κ1) is 32.5. The molecule has 0 bridgehead atoms. The Hall–Kier alpha value is -5.44. The first-order chi connectivity index (χ1) is 23.4. The number of carbonyl (C=O) groups is 3. The predicted molar refractivity (Wildman–Crippen MR) is 199 cm³/mol. The zero-order valence-corrected chi connectivity index (χ0v) is 28.0. The van der Waals surface area contributed by atoms with Gasteiger partial charge < -0.3 is 16.0 Å². The fourth-order valence-corrected chi connectivity index (χ4v) is 6.62. The highest BCUT2D eigenvalue weighted by molar-refractivity contribution is 9.10. The number of benzene rings is 6. The summed E-state index contributed by atoms with van der Waals surface area (Å²) in [5.41, 5.74) is 3.34. The van der Waals surface area contributed by atoms with Crippen LogP contribution < -0.4 is 16.0 Å². The number of nitrogens with one attached hydrogen (secondary N) is 3. The summed E-state index contributed by atoms with van der Waals surface area (Å²) >= 11 is 4.85. The standard InChI is InChI=1S/C40H30BrN3O3S/c41-31-19-9-12-27(24-31)25-36(44-38(45)30-16-5-2-6-17-30)39(46)42-32-20-11-21-33(26-32)48-37(29-14-3-1-4-15-29)40(47)43-35-23-10-18-28-13-7-8-22-34(28)35/h1-26,37H,(H,42,46)(H,43,47)(H,44,45)/b36-25+. The fourth-order valence-electron chi connectivity index (χ4n) is 5.12. The number of carbonyl (C=O) groups excluding carboxylic acids is 3. The van der Waals surface area contributed by atoms with Crippen LogP contribution in [0.5, 0.6) is 0 Å². The van der Waals surface area contributed by atoms with Crippen molar-refractivity contribution in [3.8, 4) is 0 Å². The summed E-state index contributed by atoms with van der Waals surface area (Å²) in [5.74, 6) is -1.06. The molecule has 0 aliphatic carbocycles. The molecule has 1 unspecified atom stereocenters. The minimum Gasteiger partial charge on any atom is -0.324 e. The van der Waals surface area contributed by atoms with Crippen molar-refractivity contribution in [1.29, 1.82) is 0 Å². The van der Waals surface area contributed by atoms with E-state index in [9.17, 15) is 14.4 Å². The third kappa shape index (κ3) is 8.28. The smallest absolute Gasteiger partial charge is 0.272 e. The SMILES string of the molecule is O=C(Nc1cccc(SC(C(=O)Nc2cccc3ccccc23)c2ccccc2)c1)/C(=C\c1cccc(Br)c1)NC(=O)c1ccccc1. The van der Waals surface area contributed by atoms with Crippen LogP contribution in [0.3, 0.4) is 0 Å². The van der Waals surface area contributed by atoms with Crippen molar-refractivity contribution in [1.82, 2.24) is 5.32 Å². The molecule has 6 rings (SSSR count). The zero-order valence-electron chi connectivity index (χ0n) is 25.6. The van der Waals surface area contributed by atoms with E-state index in [1.54, 1.807) is 36.4 Å². The number of rotatable bonds is 10. The number of hydrogen-bond donors (Lipinski definition) is 3. The Morgan fingerprint density at radius 2 is 1.35 bits per heavy atom. The monoisotopic (exact) mass is 711 g/mol. The summed E-state index contributed by atoms with van der Waals surface area (Å²) in [7, 11) is 0. The maximum absolute atomic E-state index is 13.9. The summed E-state index contributed by atoms with van der Waals surface area (Å²) in [6.07, 6.45) is 1.63. The molecule has 0 saturated carbocycles. The van der Waals surface area contributed by atoms with Gasteiger partial charge in [0.05, 0.1) is 0 Å². The first-order valence-corrected chi connectivity index (χ1v) is 16.9. The molecule has 0 fully saturated rings. The van der Waals surface area contributed by atoms with Crippen molar-refractivity contribution < 1.29 is 14.4 Å². The molecule has 0 radical (unpaired) electrons. The van der Waals surface area contributed by atoms with E-state index >= 15 is 0 Å². The second-order valence-electron chi connectivity index (χ2n) is 10.8. The molecule has 6 aromatic carbocycles. The largest absolute Gasteiger partial charge is 0.324 e. The molecule has 6 nitrogen and oxygen atoms in total. The normalized spacial score (nSPS) is 11.8. The topological polar surface area (TPSA) is 87.3 Å². The van der Waals surface area contributed by atoms with Gasteiger partial charge in [-0.1, -0.05) is 119 Å². The van der Waals surface area contributed by atoms with E-state index in [2.05, 4.69) is 31.9 Å². The average molecular weight is 713 g/mol. The highest BCUT2D eigenvalue weighted by atomic mass is 79.9. The van der Waals surface area contributed by atoms with Crippen LogP contribution in [0, 0.1) is 0 Å². The number of thioether (sulfide) groups is 1. The van der Waals surface area contributed by atoms with Crippen molar-refractivity contribution in [3.63, 3.8) is 0 Å². The lowest BCUT2D eigenvalue weighted by Crippen LogP contribution is -2.30. The van der Waals surface area contributed by atoms with Crippen molar-refractivity contribution in [3.05, 3.63) is 179 Å². The molecule has 3 N–H and O–H groups in total. The summed E-state index contributed by atoms with van der Waals surface area (Å²) in [6.45, 7) is 0. The Morgan fingerprint density at radius 3 is 2.15 bits per heavy atom. The maximum Gasteiger partial charge on any atom is 0.272 e. The summed E-state index contributed by atoms with van der Waals surface area (Å²) in [4.78, 5) is 41.4. The number of hydrogen-bond acceptors (Lipinski definition) is 4. The van der Waals surface area contributed by atoms with Gasteiger partial charge >= 0.3 is 0 Å². The van der Waals surface area contributed by atoms with Crippen molar-refractivity contribution in [2.24, 2.45) is 0 Å². The van der Waals surface area contributed by atoms with Gasteiger partial charge in [0.1, 0.15) is 10.9 Å². The molecular formula is C40H30BrN3O3S. The Labute approximate surface area is 291 Å². The second kappa shape index (κ2) is 15.4. The van der Waals surface area contributed by atoms with Crippen LogP contribution in [0.4, 0.5) is 11.4 Å². The van der Waals surface area contributed by atoms with Gasteiger partial charge in [0.15, 0.2) is 0 Å². The van der Waals surface area contributed by atoms with Crippen LogP contribution in [0.15, 0.2) is 167 Å². The Balaban J connectivity index is 1.24. The molecule has 48 heavy (non-hydrogen) atoms. The predicted octanol–water partition coefficient (Wildman–Crippen LogP) is 9.48. The van der Waals surface area contributed by atoms with Crippen LogP contribution >= 0.6 is 27.7 Å². The maximum atomic E-state index is 13.9. The summed E-state index contributed by atoms with van der Waals surface area (Å²) in [6, 6.07) is 46.8. The quantitative estimate of drug-likeness (QED) is 0.0976. The van der Waals surface area contributed by atoms with E-state index < -0.39 is 17.1 Å². The van der Waals surface area contributed by atoms with Crippen molar-refractivity contribution in [2.45, 2.75) is 10.1 Å². The van der Waals surface area contributed by atoms with Gasteiger partial charge in [0.25, 0.3) is 11.8 Å². The second-order valence-corrected chi connectivity index (χ2v) is 12.9. The van der Waals surface area contributed by atoms with Gasteiger partial charge in [0, 0.05) is 31.7 Å². The number of anilines is 2. The molecule has 0 spiro atoms. The summed E-state index contributed by atoms with van der Waals surface area (Å²) < 4.78 is 0.840. The zero-order chi connectivity index (χ0) is 33.3. The molecule has 236 valence electrons. The van der Waals surface area contributed by atoms with Gasteiger partial charge in [-0.15, -0.1) is 11.8 Å². The van der Waals surface area contributed by atoms with E-state index in [1.807, 2.05) is 121 Å². The molecule has 0 heterocycles. The third-order valence-electron chi connectivity index (χ3n) is 7.42. The molecule has 8 heteroatoms. The first-order valence-electron chi connectivity index (χ1n) is 15.2. The van der Waals surface area contributed by atoms with E-state index in [0.29, 0.717) is 11.3 Å². The Morgan fingerprint density at radius 1 is 0.667 bits per heavy atom. The Bertz CT molecular complexity index is 2110. The average Bonchev–Trinajstić information content (AvgIpc) is 3.11. The van der Waals surface area contributed by atoms with Gasteiger partial charge in [0.2, 0.25) is 5.91 Å². The van der Waals surface area contributed by atoms with Crippen LogP contribution in [-0.2, 0) is 9.59 Å². The minimum atomic E-state index is -0.576. The molecule has 3 amide bonds. The van der Waals surface area contributed by atoms with Gasteiger partial charge in [-0.3, -0.25) is 14.4 Å². The van der Waals surface area contributed by atoms with Gasteiger partial charge in [-0.05, 0) is 71.1 Å². The lowest BCUT2D eigenvalue weighted by molar-refractivity contribution is -0.116. The Kier molecular flexibility index (Phi) is 10.4. The molecule has 0 aliphatic rings. The van der Waals surface area contributed by atoms with Crippen LogP contribution in [-0.4, -0.2) is 17.7 Å². The third-order valence-corrected chi connectivity index (χ3v) is 9.16. The van der Waals surface area contributed by atoms with E-state index in [0.717, 1.165) is 37.0 Å². The van der Waals surface area contributed by atoms with E-state index in [1.165, 1.54) is 11.8 Å². The van der Waals surface area contributed by atoms with Crippen LogP contribution in [0.1, 0.15) is 26.7 Å². The van der Waals surface area contributed by atoms with Crippen LogP contribution in [0.2, 0.25) is 0 Å². The highest BCUT2D eigenvalue weighted by Crippen LogP contribution is 2.38. The molecule has 6 aromatic rings. The minimum absolute atomic E-state index is 0.0802. The van der Waals surface area contributed by atoms with Gasteiger partial charge in [-0.25, -0.2) is 0 Å². The summed E-state index contributed by atoms with van der Waals surface area (Å²) in [5, 5.41) is 10.3. The molecule has 0 saturated heterocycles. The highest BCUT2D eigenvalue weighted by Gasteiger charge is 2.23. The fraction of sp³-hybridized carbons (Fsp3) is 0.0250. The number of fused-ring (bicyclic) bond motifs is 1. The van der Waals surface area contributed by atoms with E-state index in [-0.39, 0.29) is 11.6 Å². The van der Waals surface area contributed by atoms with Crippen molar-refractivity contribution >= 4 is 73.6 Å². The van der Waals surface area contributed by atoms with Crippen LogP contribution in [0.25, 0.3) is 16.8 Å². The molecular weight excluding hydrogens is 682 g/mol. The molecule has 0 aliphatic heterocycles. The lowest BCUT2D eigenvalue weighted by atomic mass is 10.1. The lowest BCUT2D eigenvalue weighted by Gasteiger charge is -2.18. The van der Waals surface area contributed by atoms with Gasteiger partial charge in [-0.2, -0.15) is 0 Å². The van der Waals surface area contributed by atoms with E-state index in [4.69, 9.17) is 0 Å². The molecule has 0 aromatic heterocycles. The number of amides is 3. The number of halogens is 1. The molecule has 1 atom stereocenters. The van der Waals surface area contributed by atoms with Crippen molar-refractivity contribution in [2.75, 3.05) is 10.6 Å².